The van der Waals surface area contributed by atoms with Crippen LogP contribution in [0.1, 0.15) is 23.2 Å². The number of rotatable bonds is 3. The van der Waals surface area contributed by atoms with E-state index in [1.165, 1.54) is 5.69 Å². The number of aromatic nitrogens is 3. The Hall–Kier alpha value is -2.89. The molecule has 26 heavy (non-hydrogen) atoms. The van der Waals surface area contributed by atoms with Gasteiger partial charge < -0.3 is 9.80 Å². The third-order valence-corrected chi connectivity index (χ3v) is 5.24. The van der Waals surface area contributed by atoms with Crippen molar-refractivity contribution in [3.05, 3.63) is 54.1 Å². The molecule has 0 bridgehead atoms. The minimum atomic E-state index is 0.0393. The third-order valence-electron chi connectivity index (χ3n) is 5.24. The van der Waals surface area contributed by atoms with Crippen molar-refractivity contribution in [2.24, 2.45) is 7.05 Å². The standard InChI is InChI=1S/C20H23N5O/c1-23(17-9-6-12-25(14-17)16-7-4-3-5-8-16)20(26)15-10-11-19-18(13-15)21-22-24(19)2/h3-5,7-8,10-11,13,17H,6,9,12,14H2,1-2H3/t17-/m0/s1. The molecule has 1 atom stereocenters. The van der Waals surface area contributed by atoms with Crippen molar-refractivity contribution < 1.29 is 4.79 Å². The van der Waals surface area contributed by atoms with Crippen LogP contribution >= 0.6 is 0 Å². The minimum Gasteiger partial charge on any atom is -0.369 e. The summed E-state index contributed by atoms with van der Waals surface area (Å²) in [6.07, 6.45) is 2.11. The van der Waals surface area contributed by atoms with Gasteiger partial charge in [-0.25, -0.2) is 4.68 Å². The van der Waals surface area contributed by atoms with E-state index in [-0.39, 0.29) is 11.9 Å². The molecule has 4 rings (SSSR count). The predicted molar refractivity (Wildman–Crippen MR) is 102 cm³/mol. The first kappa shape index (κ1) is 16.6. The topological polar surface area (TPSA) is 54.3 Å². The fourth-order valence-electron chi connectivity index (χ4n) is 3.69. The Morgan fingerprint density at radius 3 is 2.81 bits per heavy atom. The van der Waals surface area contributed by atoms with Crippen LogP contribution in [-0.4, -0.2) is 52.0 Å². The van der Waals surface area contributed by atoms with Crippen molar-refractivity contribution in [1.82, 2.24) is 19.9 Å². The maximum absolute atomic E-state index is 13.0. The molecule has 0 N–H and O–H groups in total. The molecular formula is C20H23N5O. The molecule has 0 saturated carbocycles. The van der Waals surface area contributed by atoms with Crippen LogP contribution < -0.4 is 4.90 Å². The zero-order chi connectivity index (χ0) is 18.1. The summed E-state index contributed by atoms with van der Waals surface area (Å²) in [7, 11) is 3.76. The third kappa shape index (κ3) is 3.03. The van der Waals surface area contributed by atoms with Crippen LogP contribution in [0.2, 0.25) is 0 Å². The number of nitrogens with zero attached hydrogens (tertiary/aromatic N) is 5. The number of piperidine rings is 1. The van der Waals surface area contributed by atoms with Crippen LogP contribution in [0.3, 0.4) is 0 Å². The van der Waals surface area contributed by atoms with Crippen molar-refractivity contribution in [3.8, 4) is 0 Å². The lowest BCUT2D eigenvalue weighted by Gasteiger charge is -2.38. The van der Waals surface area contributed by atoms with Crippen molar-refractivity contribution >= 4 is 22.6 Å². The van der Waals surface area contributed by atoms with E-state index in [9.17, 15) is 4.79 Å². The van der Waals surface area contributed by atoms with Crippen LogP contribution in [0.25, 0.3) is 11.0 Å². The summed E-state index contributed by atoms with van der Waals surface area (Å²) < 4.78 is 1.71. The van der Waals surface area contributed by atoms with Gasteiger partial charge >= 0.3 is 0 Å². The summed E-state index contributed by atoms with van der Waals surface area (Å²) in [5.41, 5.74) is 3.56. The molecule has 2 heterocycles. The number of benzene rings is 2. The van der Waals surface area contributed by atoms with E-state index in [2.05, 4.69) is 39.5 Å². The summed E-state index contributed by atoms with van der Waals surface area (Å²) in [6.45, 7) is 1.90. The van der Waals surface area contributed by atoms with Gasteiger partial charge in [0.05, 0.1) is 5.52 Å². The molecule has 2 aromatic carbocycles. The van der Waals surface area contributed by atoms with Gasteiger partial charge in [0.1, 0.15) is 5.52 Å². The van der Waals surface area contributed by atoms with Crippen LogP contribution in [0.5, 0.6) is 0 Å². The molecule has 0 aliphatic carbocycles. The Kier molecular flexibility index (Phi) is 4.32. The predicted octanol–water partition coefficient (Wildman–Crippen LogP) is 2.71. The average molecular weight is 349 g/mol. The second-order valence-electron chi connectivity index (χ2n) is 6.91. The Bertz CT molecular complexity index is 920. The Morgan fingerprint density at radius 2 is 2.00 bits per heavy atom. The highest BCUT2D eigenvalue weighted by Crippen LogP contribution is 2.23. The monoisotopic (exact) mass is 349 g/mol. The van der Waals surface area contributed by atoms with Gasteiger partial charge in [-0.15, -0.1) is 5.10 Å². The molecule has 1 aliphatic rings. The SMILES string of the molecule is CN(C(=O)c1ccc2c(c1)nnn2C)[C@H]1CCCN(c2ccccc2)C1. The number of hydrogen-bond donors (Lipinski definition) is 0. The lowest BCUT2D eigenvalue weighted by Crippen LogP contribution is -2.48. The maximum atomic E-state index is 13.0. The number of anilines is 1. The highest BCUT2D eigenvalue weighted by molar-refractivity contribution is 5.97. The molecule has 1 aromatic heterocycles. The maximum Gasteiger partial charge on any atom is 0.253 e. The highest BCUT2D eigenvalue weighted by atomic mass is 16.2. The molecule has 6 heteroatoms. The normalized spacial score (nSPS) is 17.5. The van der Waals surface area contributed by atoms with Gasteiger partial charge in [0, 0.05) is 44.5 Å². The summed E-state index contributed by atoms with van der Waals surface area (Å²) in [6, 6.07) is 16.2. The molecule has 0 unspecified atom stereocenters. The first-order chi connectivity index (χ1) is 12.6. The van der Waals surface area contributed by atoms with Crippen molar-refractivity contribution in [2.75, 3.05) is 25.0 Å². The zero-order valence-electron chi connectivity index (χ0n) is 15.2. The molecule has 6 nitrogen and oxygen atoms in total. The van der Waals surface area contributed by atoms with Gasteiger partial charge in [0.2, 0.25) is 0 Å². The van der Waals surface area contributed by atoms with Crippen molar-refractivity contribution in [3.63, 3.8) is 0 Å². The number of likely N-dealkylation sites (N-methyl/N-ethyl adjacent to an activating group) is 1. The summed E-state index contributed by atoms with van der Waals surface area (Å²) in [5, 5.41) is 8.13. The van der Waals surface area contributed by atoms with E-state index in [0.717, 1.165) is 37.0 Å². The molecule has 0 radical (unpaired) electrons. The van der Waals surface area contributed by atoms with E-state index >= 15 is 0 Å². The first-order valence-corrected chi connectivity index (χ1v) is 9.00. The molecular weight excluding hydrogens is 326 g/mol. The molecule has 3 aromatic rings. The van der Waals surface area contributed by atoms with E-state index in [1.807, 2.05) is 43.3 Å². The number of aryl methyl sites for hydroxylation is 1. The van der Waals surface area contributed by atoms with Gasteiger partial charge in [0.25, 0.3) is 5.91 Å². The quantitative estimate of drug-likeness (QED) is 0.730. The summed E-state index contributed by atoms with van der Waals surface area (Å²) in [5.74, 6) is 0.0393. The second kappa shape index (κ2) is 6.78. The fourth-order valence-corrected chi connectivity index (χ4v) is 3.69. The van der Waals surface area contributed by atoms with Crippen LogP contribution in [-0.2, 0) is 7.05 Å². The summed E-state index contributed by atoms with van der Waals surface area (Å²) in [4.78, 5) is 17.2. The number of carbonyl (C=O) groups is 1. The largest absolute Gasteiger partial charge is 0.369 e. The van der Waals surface area contributed by atoms with Crippen LogP contribution in [0.4, 0.5) is 5.69 Å². The molecule has 134 valence electrons. The smallest absolute Gasteiger partial charge is 0.253 e. The van der Waals surface area contributed by atoms with E-state index in [1.54, 1.807) is 4.68 Å². The first-order valence-electron chi connectivity index (χ1n) is 9.00. The van der Waals surface area contributed by atoms with Crippen LogP contribution in [0, 0.1) is 0 Å². The lowest BCUT2D eigenvalue weighted by molar-refractivity contribution is 0.0717. The zero-order valence-corrected chi connectivity index (χ0v) is 15.2. The van der Waals surface area contributed by atoms with E-state index in [0.29, 0.717) is 5.56 Å². The van der Waals surface area contributed by atoms with Crippen molar-refractivity contribution in [1.29, 1.82) is 0 Å². The van der Waals surface area contributed by atoms with Gasteiger partial charge in [-0.3, -0.25) is 4.79 Å². The van der Waals surface area contributed by atoms with Gasteiger partial charge in [-0.05, 0) is 43.2 Å². The Morgan fingerprint density at radius 1 is 1.19 bits per heavy atom. The van der Waals surface area contributed by atoms with Gasteiger partial charge in [0.15, 0.2) is 0 Å². The highest BCUT2D eigenvalue weighted by Gasteiger charge is 2.27. The molecule has 1 fully saturated rings. The fraction of sp³-hybridized carbons (Fsp3) is 0.350. The van der Waals surface area contributed by atoms with Crippen molar-refractivity contribution in [2.45, 2.75) is 18.9 Å². The lowest BCUT2D eigenvalue weighted by atomic mass is 10.0. The van der Waals surface area contributed by atoms with E-state index < -0.39 is 0 Å². The van der Waals surface area contributed by atoms with E-state index in [4.69, 9.17) is 0 Å². The van der Waals surface area contributed by atoms with Gasteiger partial charge in [-0.1, -0.05) is 23.4 Å². The molecule has 1 saturated heterocycles. The second-order valence-corrected chi connectivity index (χ2v) is 6.91. The Balaban J connectivity index is 1.52. The van der Waals surface area contributed by atoms with Crippen LogP contribution in [0.15, 0.2) is 48.5 Å². The minimum absolute atomic E-state index is 0.0393. The molecule has 0 spiro atoms. The van der Waals surface area contributed by atoms with Gasteiger partial charge in [-0.2, -0.15) is 0 Å². The number of hydrogen-bond acceptors (Lipinski definition) is 4. The molecule has 1 amide bonds. The Labute approximate surface area is 153 Å². The average Bonchev–Trinajstić information content (AvgIpc) is 3.08. The number of fused-ring (bicyclic) bond motifs is 1. The summed E-state index contributed by atoms with van der Waals surface area (Å²) >= 11 is 0. The number of amides is 1. The number of carbonyl (C=O) groups excluding carboxylic acids is 1. The molecule has 1 aliphatic heterocycles. The number of para-hydroxylation sites is 1.